The fraction of sp³-hybridized carbons (Fsp3) is 0.800. The number of rotatable bonds is 3. The Morgan fingerprint density at radius 1 is 1.12 bits per heavy atom. The summed E-state index contributed by atoms with van der Waals surface area (Å²) in [6, 6.07) is 0. The number of hydrogen-bond acceptors (Lipinski definition) is 2. The quantitative estimate of drug-likeness (QED) is 0.554. The van der Waals surface area contributed by atoms with Crippen molar-refractivity contribution in [2.75, 3.05) is 6.61 Å². The second-order valence-electron chi connectivity index (χ2n) is 6.21. The van der Waals surface area contributed by atoms with Gasteiger partial charge in [0.05, 0.1) is 6.61 Å². The molecule has 0 N–H and O–H groups in total. The molecule has 3 fully saturated rings. The minimum atomic E-state index is -0.207. The average Bonchev–Trinajstić information content (AvgIpc) is 2.97. The molecular formula is C15H22O2. The highest BCUT2D eigenvalue weighted by molar-refractivity contribution is 5.86. The molecule has 3 aliphatic rings. The van der Waals surface area contributed by atoms with Gasteiger partial charge in [-0.1, -0.05) is 13.0 Å². The Hall–Kier alpha value is -0.790. The molecule has 94 valence electrons. The van der Waals surface area contributed by atoms with E-state index in [-0.39, 0.29) is 5.97 Å². The molecule has 17 heavy (non-hydrogen) atoms. The maximum absolute atomic E-state index is 11.5. The minimum absolute atomic E-state index is 0.207. The standard InChI is InChI=1S/C15H22O2/c1-9(2)15(16)17-8-14-12-6-7-13(14)11-5-3-4-10(11)12/h10-14H,1,3-8H2,2H3. The van der Waals surface area contributed by atoms with E-state index in [0.29, 0.717) is 18.1 Å². The third-order valence-electron chi connectivity index (χ3n) is 5.41. The second kappa shape index (κ2) is 4.15. The monoisotopic (exact) mass is 234 g/mol. The number of fused-ring (bicyclic) bond motifs is 5. The van der Waals surface area contributed by atoms with Gasteiger partial charge in [-0.25, -0.2) is 4.79 Å². The normalized spacial score (nSPS) is 42.5. The summed E-state index contributed by atoms with van der Waals surface area (Å²) in [5.74, 6) is 4.08. The van der Waals surface area contributed by atoms with E-state index in [0.717, 1.165) is 23.7 Å². The molecule has 4 unspecified atom stereocenters. The SMILES string of the molecule is C=C(C)C(=O)OCC1C2CCC1C1CCCC12. The Balaban J connectivity index is 1.62. The molecule has 2 bridgehead atoms. The van der Waals surface area contributed by atoms with Gasteiger partial charge in [0, 0.05) is 5.57 Å². The summed E-state index contributed by atoms with van der Waals surface area (Å²) in [6.45, 7) is 6.01. The van der Waals surface area contributed by atoms with Crippen LogP contribution in [0.4, 0.5) is 0 Å². The van der Waals surface area contributed by atoms with Crippen LogP contribution in [0.25, 0.3) is 0 Å². The van der Waals surface area contributed by atoms with Gasteiger partial charge in [-0.05, 0) is 62.2 Å². The third kappa shape index (κ3) is 1.73. The molecule has 0 amide bonds. The van der Waals surface area contributed by atoms with E-state index in [1.807, 2.05) is 0 Å². The number of carbonyl (C=O) groups excluding carboxylic acids is 1. The summed E-state index contributed by atoms with van der Waals surface area (Å²) in [5, 5.41) is 0. The van der Waals surface area contributed by atoms with E-state index in [1.165, 1.54) is 32.1 Å². The first kappa shape index (κ1) is 11.3. The van der Waals surface area contributed by atoms with Crippen LogP contribution in [-0.2, 0) is 9.53 Å². The number of ether oxygens (including phenoxy) is 1. The Kier molecular flexibility index (Phi) is 2.76. The lowest BCUT2D eigenvalue weighted by atomic mass is 9.82. The van der Waals surface area contributed by atoms with Gasteiger partial charge >= 0.3 is 5.97 Å². The van der Waals surface area contributed by atoms with Gasteiger partial charge in [0.2, 0.25) is 0 Å². The highest BCUT2D eigenvalue weighted by Crippen LogP contribution is 2.61. The Morgan fingerprint density at radius 3 is 2.24 bits per heavy atom. The average molecular weight is 234 g/mol. The first-order valence-corrected chi connectivity index (χ1v) is 7.01. The van der Waals surface area contributed by atoms with Crippen LogP contribution in [0.3, 0.4) is 0 Å². The molecule has 0 aromatic heterocycles. The lowest BCUT2D eigenvalue weighted by molar-refractivity contribution is -0.140. The van der Waals surface area contributed by atoms with Crippen LogP contribution in [0, 0.1) is 29.6 Å². The summed E-state index contributed by atoms with van der Waals surface area (Å²) in [7, 11) is 0. The van der Waals surface area contributed by atoms with E-state index in [9.17, 15) is 4.79 Å². The van der Waals surface area contributed by atoms with Crippen LogP contribution in [-0.4, -0.2) is 12.6 Å². The Morgan fingerprint density at radius 2 is 1.71 bits per heavy atom. The molecule has 0 aliphatic heterocycles. The van der Waals surface area contributed by atoms with E-state index in [1.54, 1.807) is 6.92 Å². The summed E-state index contributed by atoms with van der Waals surface area (Å²) >= 11 is 0. The molecule has 2 heteroatoms. The van der Waals surface area contributed by atoms with Crippen molar-refractivity contribution < 1.29 is 9.53 Å². The van der Waals surface area contributed by atoms with E-state index in [2.05, 4.69) is 6.58 Å². The largest absolute Gasteiger partial charge is 0.462 e. The van der Waals surface area contributed by atoms with Crippen molar-refractivity contribution in [2.24, 2.45) is 29.6 Å². The highest BCUT2D eigenvalue weighted by Gasteiger charge is 2.55. The topological polar surface area (TPSA) is 26.3 Å². The summed E-state index contributed by atoms with van der Waals surface area (Å²) in [5.41, 5.74) is 0.524. The third-order valence-corrected chi connectivity index (χ3v) is 5.41. The van der Waals surface area contributed by atoms with E-state index < -0.39 is 0 Å². The molecule has 2 nitrogen and oxygen atoms in total. The predicted octanol–water partition coefficient (Wildman–Crippen LogP) is 3.18. The van der Waals surface area contributed by atoms with Crippen molar-refractivity contribution in [3.63, 3.8) is 0 Å². The lowest BCUT2D eigenvalue weighted by Gasteiger charge is -2.23. The Bertz CT molecular complexity index is 329. The number of hydrogen-bond donors (Lipinski definition) is 0. The minimum Gasteiger partial charge on any atom is -0.462 e. The zero-order valence-corrected chi connectivity index (χ0v) is 10.7. The predicted molar refractivity (Wildman–Crippen MR) is 66.3 cm³/mol. The van der Waals surface area contributed by atoms with Crippen molar-refractivity contribution >= 4 is 5.97 Å². The lowest BCUT2D eigenvalue weighted by Crippen LogP contribution is -2.19. The van der Waals surface area contributed by atoms with Crippen molar-refractivity contribution in [3.8, 4) is 0 Å². The first-order chi connectivity index (χ1) is 8.18. The van der Waals surface area contributed by atoms with Gasteiger partial charge in [-0.3, -0.25) is 0 Å². The molecule has 0 saturated heterocycles. The molecule has 0 aromatic carbocycles. The molecule has 0 spiro atoms. The van der Waals surface area contributed by atoms with Gasteiger partial charge in [0.25, 0.3) is 0 Å². The van der Waals surface area contributed by atoms with Crippen LogP contribution in [0.1, 0.15) is 39.0 Å². The molecule has 3 aliphatic carbocycles. The maximum atomic E-state index is 11.5. The highest BCUT2D eigenvalue weighted by atomic mass is 16.5. The molecule has 0 aromatic rings. The van der Waals surface area contributed by atoms with E-state index >= 15 is 0 Å². The van der Waals surface area contributed by atoms with Gasteiger partial charge in [-0.2, -0.15) is 0 Å². The van der Waals surface area contributed by atoms with Gasteiger partial charge < -0.3 is 4.74 Å². The molecular weight excluding hydrogens is 212 g/mol. The smallest absolute Gasteiger partial charge is 0.333 e. The number of esters is 1. The summed E-state index contributed by atoms with van der Waals surface area (Å²) in [6.07, 6.45) is 7.04. The second-order valence-corrected chi connectivity index (χ2v) is 6.21. The van der Waals surface area contributed by atoms with Crippen molar-refractivity contribution in [1.29, 1.82) is 0 Å². The van der Waals surface area contributed by atoms with Crippen molar-refractivity contribution in [3.05, 3.63) is 12.2 Å². The van der Waals surface area contributed by atoms with Crippen molar-refractivity contribution in [2.45, 2.75) is 39.0 Å². The van der Waals surface area contributed by atoms with Crippen LogP contribution in [0.15, 0.2) is 12.2 Å². The van der Waals surface area contributed by atoms with Gasteiger partial charge in [0.15, 0.2) is 0 Å². The van der Waals surface area contributed by atoms with Crippen LogP contribution < -0.4 is 0 Å². The fourth-order valence-electron chi connectivity index (χ4n) is 4.82. The fourth-order valence-corrected chi connectivity index (χ4v) is 4.82. The summed E-state index contributed by atoms with van der Waals surface area (Å²) in [4.78, 5) is 11.5. The van der Waals surface area contributed by atoms with E-state index in [4.69, 9.17) is 4.74 Å². The zero-order valence-electron chi connectivity index (χ0n) is 10.7. The molecule has 4 atom stereocenters. The van der Waals surface area contributed by atoms with Gasteiger partial charge in [-0.15, -0.1) is 0 Å². The Labute approximate surface area is 103 Å². The van der Waals surface area contributed by atoms with Crippen LogP contribution >= 0.6 is 0 Å². The van der Waals surface area contributed by atoms with Gasteiger partial charge in [0.1, 0.15) is 0 Å². The molecule has 0 heterocycles. The molecule has 3 saturated carbocycles. The first-order valence-electron chi connectivity index (χ1n) is 7.01. The number of carbonyl (C=O) groups is 1. The summed E-state index contributed by atoms with van der Waals surface area (Å²) < 4.78 is 5.39. The molecule has 0 radical (unpaired) electrons. The van der Waals surface area contributed by atoms with Crippen LogP contribution in [0.2, 0.25) is 0 Å². The maximum Gasteiger partial charge on any atom is 0.333 e. The zero-order chi connectivity index (χ0) is 12.0. The van der Waals surface area contributed by atoms with Crippen LogP contribution in [0.5, 0.6) is 0 Å². The van der Waals surface area contributed by atoms with Crippen molar-refractivity contribution in [1.82, 2.24) is 0 Å². The molecule has 3 rings (SSSR count).